The van der Waals surface area contributed by atoms with Gasteiger partial charge in [-0.1, -0.05) is 18.2 Å². The van der Waals surface area contributed by atoms with Crippen LogP contribution in [0.5, 0.6) is 0 Å². The van der Waals surface area contributed by atoms with Gasteiger partial charge in [0.05, 0.1) is 13.2 Å². The highest BCUT2D eigenvalue weighted by Crippen LogP contribution is 2.21. The molecule has 0 saturated carbocycles. The number of morpholine rings is 1. The quantitative estimate of drug-likeness (QED) is 0.269. The van der Waals surface area contributed by atoms with Gasteiger partial charge >= 0.3 is 0 Å². The molecule has 0 aliphatic carbocycles. The molecule has 1 aromatic rings. The lowest BCUT2D eigenvalue weighted by Gasteiger charge is -2.30. The van der Waals surface area contributed by atoms with Crippen molar-refractivity contribution >= 4 is 35.6 Å². The summed E-state index contributed by atoms with van der Waals surface area (Å²) in [5.74, 6) is 0.822. The zero-order valence-corrected chi connectivity index (χ0v) is 17.6. The second-order valence-electron chi connectivity index (χ2n) is 5.63. The predicted octanol–water partition coefficient (Wildman–Crippen LogP) is 2.23. The Morgan fingerprint density at radius 2 is 2.00 bits per heavy atom. The number of aliphatic imine (C=N–C) groups is 1. The van der Waals surface area contributed by atoms with Crippen LogP contribution in [0.1, 0.15) is 18.9 Å². The molecular formula is C18H31IN4O2. The summed E-state index contributed by atoms with van der Waals surface area (Å²) in [6, 6.07) is 8.52. The molecule has 1 aliphatic heterocycles. The molecule has 0 amide bonds. The Balaban J connectivity index is 0.00000312. The van der Waals surface area contributed by atoms with Crippen molar-refractivity contribution in [2.24, 2.45) is 4.99 Å². The lowest BCUT2D eigenvalue weighted by atomic mass is 10.1. The average molecular weight is 462 g/mol. The van der Waals surface area contributed by atoms with Gasteiger partial charge in [-0.05, 0) is 25.0 Å². The summed E-state index contributed by atoms with van der Waals surface area (Å²) in [4.78, 5) is 6.67. The van der Waals surface area contributed by atoms with Crippen LogP contribution < -0.4 is 15.5 Å². The molecule has 1 aliphatic rings. The summed E-state index contributed by atoms with van der Waals surface area (Å²) in [6.07, 6.45) is 0.971. The highest BCUT2D eigenvalue weighted by molar-refractivity contribution is 14.0. The smallest absolute Gasteiger partial charge is 0.191 e. The Kier molecular flexibility index (Phi) is 11.6. The summed E-state index contributed by atoms with van der Waals surface area (Å²) in [7, 11) is 1.80. The number of hydrogen-bond donors (Lipinski definition) is 2. The largest absolute Gasteiger partial charge is 0.382 e. The van der Waals surface area contributed by atoms with E-state index in [1.54, 1.807) is 7.05 Å². The van der Waals surface area contributed by atoms with Crippen LogP contribution in [0.3, 0.4) is 0 Å². The zero-order valence-electron chi connectivity index (χ0n) is 15.3. The maximum Gasteiger partial charge on any atom is 0.191 e. The van der Waals surface area contributed by atoms with Gasteiger partial charge < -0.3 is 25.0 Å². The molecule has 0 atom stereocenters. The van der Waals surface area contributed by atoms with Gasteiger partial charge in [0.1, 0.15) is 0 Å². The molecule has 1 heterocycles. The Morgan fingerprint density at radius 3 is 2.72 bits per heavy atom. The van der Waals surface area contributed by atoms with E-state index in [9.17, 15) is 0 Å². The van der Waals surface area contributed by atoms with Crippen LogP contribution in [-0.2, 0) is 16.0 Å². The first kappa shape index (κ1) is 22.0. The van der Waals surface area contributed by atoms with Crippen molar-refractivity contribution in [1.29, 1.82) is 0 Å². The van der Waals surface area contributed by atoms with Gasteiger partial charge in [0.2, 0.25) is 0 Å². The van der Waals surface area contributed by atoms with Crippen molar-refractivity contribution in [2.75, 3.05) is 58.0 Å². The van der Waals surface area contributed by atoms with Crippen molar-refractivity contribution in [3.05, 3.63) is 29.8 Å². The molecule has 25 heavy (non-hydrogen) atoms. The zero-order chi connectivity index (χ0) is 17.0. The first-order valence-electron chi connectivity index (χ1n) is 8.78. The second-order valence-corrected chi connectivity index (χ2v) is 5.63. The summed E-state index contributed by atoms with van der Waals surface area (Å²) >= 11 is 0. The molecule has 7 heteroatoms. The molecule has 1 saturated heterocycles. The second kappa shape index (κ2) is 13.2. The van der Waals surface area contributed by atoms with Gasteiger partial charge in [-0.25, -0.2) is 0 Å². The van der Waals surface area contributed by atoms with E-state index in [4.69, 9.17) is 9.47 Å². The van der Waals surface area contributed by atoms with Gasteiger partial charge in [0.25, 0.3) is 0 Å². The van der Waals surface area contributed by atoms with E-state index in [1.165, 1.54) is 11.3 Å². The van der Waals surface area contributed by atoms with E-state index >= 15 is 0 Å². The van der Waals surface area contributed by atoms with Crippen LogP contribution in [0, 0.1) is 0 Å². The van der Waals surface area contributed by atoms with E-state index in [-0.39, 0.29) is 24.0 Å². The number of halogens is 1. The first-order chi connectivity index (χ1) is 11.8. The van der Waals surface area contributed by atoms with E-state index in [2.05, 4.69) is 44.8 Å². The Hall–Kier alpha value is -1.06. The fourth-order valence-corrected chi connectivity index (χ4v) is 2.70. The number of para-hydroxylation sites is 1. The van der Waals surface area contributed by atoms with Crippen molar-refractivity contribution in [2.45, 2.75) is 19.9 Å². The Bertz CT molecular complexity index is 508. The van der Waals surface area contributed by atoms with Crippen LogP contribution in [-0.4, -0.2) is 59.1 Å². The molecule has 0 aromatic heterocycles. The molecule has 1 aromatic carbocycles. The Morgan fingerprint density at radius 1 is 1.24 bits per heavy atom. The molecule has 2 rings (SSSR count). The molecule has 0 spiro atoms. The lowest BCUT2D eigenvalue weighted by molar-refractivity contribution is 0.122. The van der Waals surface area contributed by atoms with Crippen LogP contribution in [0.15, 0.2) is 29.3 Å². The number of rotatable bonds is 8. The van der Waals surface area contributed by atoms with Crippen LogP contribution in [0.4, 0.5) is 5.69 Å². The lowest BCUT2D eigenvalue weighted by Crippen LogP contribution is -2.39. The van der Waals surface area contributed by atoms with E-state index < -0.39 is 0 Å². The molecule has 6 nitrogen and oxygen atoms in total. The third kappa shape index (κ3) is 7.79. The van der Waals surface area contributed by atoms with Gasteiger partial charge in [-0.2, -0.15) is 0 Å². The van der Waals surface area contributed by atoms with E-state index in [0.29, 0.717) is 0 Å². The summed E-state index contributed by atoms with van der Waals surface area (Å²) in [5, 5.41) is 6.72. The number of guanidine groups is 1. The third-order valence-corrected chi connectivity index (χ3v) is 3.98. The standard InChI is InChI=1S/C18H30N4O2.HI/c1-3-23-12-6-9-20-18(19-2)21-15-16-7-4-5-8-17(16)22-10-13-24-14-11-22;/h4-5,7-8H,3,6,9-15H2,1-2H3,(H2,19,20,21);1H. The van der Waals surface area contributed by atoms with E-state index in [0.717, 1.165) is 65.0 Å². The highest BCUT2D eigenvalue weighted by Gasteiger charge is 2.14. The SMILES string of the molecule is CCOCCCNC(=NC)NCc1ccccc1N1CCOCC1.I. The number of nitrogens with zero attached hydrogens (tertiary/aromatic N) is 2. The molecule has 0 unspecified atom stereocenters. The maximum absolute atomic E-state index is 5.45. The summed E-state index contributed by atoms with van der Waals surface area (Å²) in [6.45, 7) is 8.65. The molecule has 0 bridgehead atoms. The van der Waals surface area contributed by atoms with Crippen molar-refractivity contribution < 1.29 is 9.47 Å². The number of ether oxygens (including phenoxy) is 2. The van der Waals surface area contributed by atoms with Gasteiger partial charge in [-0.3, -0.25) is 4.99 Å². The van der Waals surface area contributed by atoms with Gasteiger partial charge in [0, 0.05) is 52.1 Å². The normalized spacial score (nSPS) is 14.8. The molecule has 1 fully saturated rings. The predicted molar refractivity (Wildman–Crippen MR) is 114 cm³/mol. The first-order valence-corrected chi connectivity index (χ1v) is 8.78. The number of hydrogen-bond acceptors (Lipinski definition) is 4. The maximum atomic E-state index is 5.45. The highest BCUT2D eigenvalue weighted by atomic mass is 127. The van der Waals surface area contributed by atoms with Crippen LogP contribution >= 0.6 is 24.0 Å². The third-order valence-electron chi connectivity index (χ3n) is 3.98. The minimum absolute atomic E-state index is 0. The van der Waals surface area contributed by atoms with Crippen molar-refractivity contribution in [3.63, 3.8) is 0 Å². The summed E-state index contributed by atoms with van der Waals surface area (Å²) < 4.78 is 10.8. The topological polar surface area (TPSA) is 58.1 Å². The van der Waals surface area contributed by atoms with Gasteiger partial charge in [0.15, 0.2) is 5.96 Å². The summed E-state index contributed by atoms with van der Waals surface area (Å²) in [5.41, 5.74) is 2.55. The minimum Gasteiger partial charge on any atom is -0.382 e. The number of nitrogens with one attached hydrogen (secondary N) is 2. The van der Waals surface area contributed by atoms with E-state index in [1.807, 2.05) is 6.92 Å². The van der Waals surface area contributed by atoms with Gasteiger partial charge in [-0.15, -0.1) is 24.0 Å². The molecular weight excluding hydrogens is 431 g/mol. The van der Waals surface area contributed by atoms with Crippen molar-refractivity contribution in [1.82, 2.24) is 10.6 Å². The fraction of sp³-hybridized carbons (Fsp3) is 0.611. The Labute approximate surface area is 168 Å². The fourth-order valence-electron chi connectivity index (χ4n) is 2.70. The van der Waals surface area contributed by atoms with Crippen molar-refractivity contribution in [3.8, 4) is 0 Å². The minimum atomic E-state index is 0. The van der Waals surface area contributed by atoms with Crippen LogP contribution in [0.2, 0.25) is 0 Å². The monoisotopic (exact) mass is 462 g/mol. The molecule has 142 valence electrons. The molecule has 0 radical (unpaired) electrons. The molecule has 2 N–H and O–H groups in total. The average Bonchev–Trinajstić information content (AvgIpc) is 2.65. The number of anilines is 1. The van der Waals surface area contributed by atoms with Crippen LogP contribution in [0.25, 0.3) is 0 Å². The number of benzene rings is 1.